The molecule has 2 rings (SSSR count). The fourth-order valence-corrected chi connectivity index (χ4v) is 2.03. The van der Waals surface area contributed by atoms with Crippen LogP contribution in [0, 0.1) is 0 Å². The molecular weight excluding hydrogens is 214 g/mol. The maximum Gasteiger partial charge on any atom is 0.0594 e. The van der Waals surface area contributed by atoms with E-state index in [2.05, 4.69) is 34.3 Å². The average molecular weight is 235 g/mol. The minimum absolute atomic E-state index is 0.388. The van der Waals surface area contributed by atoms with Crippen molar-refractivity contribution in [1.82, 2.24) is 15.2 Å². The van der Waals surface area contributed by atoms with Crippen LogP contribution in [0.2, 0.25) is 0 Å². The third kappa shape index (κ3) is 4.07. The van der Waals surface area contributed by atoms with Gasteiger partial charge in [0.1, 0.15) is 0 Å². The molecule has 0 spiro atoms. The Bertz CT molecular complexity index is 312. The molecule has 0 aliphatic carbocycles. The van der Waals surface area contributed by atoms with E-state index in [9.17, 15) is 0 Å². The van der Waals surface area contributed by atoms with Crippen LogP contribution in [0.3, 0.4) is 0 Å². The molecule has 1 saturated heterocycles. The quantitative estimate of drug-likeness (QED) is 0.828. The van der Waals surface area contributed by atoms with Gasteiger partial charge < -0.3 is 10.1 Å². The SMILES string of the molecule is CC(NCCN1CCOCC1)c1ccncc1. The van der Waals surface area contributed by atoms with Crippen LogP contribution in [0.4, 0.5) is 0 Å². The topological polar surface area (TPSA) is 37.4 Å². The molecule has 4 heteroatoms. The number of pyridine rings is 1. The molecular formula is C13H21N3O. The van der Waals surface area contributed by atoms with Gasteiger partial charge in [0, 0.05) is 44.6 Å². The molecule has 1 aliphatic heterocycles. The number of hydrogen-bond donors (Lipinski definition) is 1. The van der Waals surface area contributed by atoms with Gasteiger partial charge in [0.05, 0.1) is 13.2 Å². The Morgan fingerprint density at radius 2 is 2.06 bits per heavy atom. The Kier molecular flexibility index (Phi) is 4.91. The highest BCUT2D eigenvalue weighted by Crippen LogP contribution is 2.09. The molecule has 1 fully saturated rings. The van der Waals surface area contributed by atoms with Crippen molar-refractivity contribution in [1.29, 1.82) is 0 Å². The molecule has 0 aromatic carbocycles. The van der Waals surface area contributed by atoms with Gasteiger partial charge in [-0.2, -0.15) is 0 Å². The number of hydrogen-bond acceptors (Lipinski definition) is 4. The van der Waals surface area contributed by atoms with E-state index in [0.29, 0.717) is 6.04 Å². The van der Waals surface area contributed by atoms with E-state index in [1.807, 2.05) is 12.4 Å². The van der Waals surface area contributed by atoms with Crippen molar-refractivity contribution in [3.05, 3.63) is 30.1 Å². The van der Waals surface area contributed by atoms with Crippen molar-refractivity contribution in [2.45, 2.75) is 13.0 Å². The summed E-state index contributed by atoms with van der Waals surface area (Å²) in [5, 5.41) is 3.54. The van der Waals surface area contributed by atoms with Crippen LogP contribution < -0.4 is 5.32 Å². The maximum atomic E-state index is 5.33. The Morgan fingerprint density at radius 1 is 1.35 bits per heavy atom. The van der Waals surface area contributed by atoms with Crippen molar-refractivity contribution in [3.8, 4) is 0 Å². The third-order valence-electron chi connectivity index (χ3n) is 3.19. The maximum absolute atomic E-state index is 5.33. The predicted molar refractivity (Wildman–Crippen MR) is 67.9 cm³/mol. The monoisotopic (exact) mass is 235 g/mol. The highest BCUT2D eigenvalue weighted by molar-refractivity contribution is 5.13. The molecule has 0 amide bonds. The largest absolute Gasteiger partial charge is 0.379 e. The van der Waals surface area contributed by atoms with Gasteiger partial charge in [0.25, 0.3) is 0 Å². The van der Waals surface area contributed by atoms with Crippen LogP contribution in [0.1, 0.15) is 18.5 Å². The first kappa shape index (κ1) is 12.5. The van der Waals surface area contributed by atoms with Gasteiger partial charge in [-0.1, -0.05) is 0 Å². The van der Waals surface area contributed by atoms with Gasteiger partial charge >= 0.3 is 0 Å². The van der Waals surface area contributed by atoms with Gasteiger partial charge in [-0.25, -0.2) is 0 Å². The first-order chi connectivity index (χ1) is 8.36. The molecule has 94 valence electrons. The molecule has 0 saturated carbocycles. The first-order valence-corrected chi connectivity index (χ1v) is 6.29. The lowest BCUT2D eigenvalue weighted by atomic mass is 10.1. The normalized spacial score (nSPS) is 19.1. The van der Waals surface area contributed by atoms with Crippen LogP contribution in [0.25, 0.3) is 0 Å². The zero-order valence-electron chi connectivity index (χ0n) is 10.4. The van der Waals surface area contributed by atoms with Crippen LogP contribution in [0.5, 0.6) is 0 Å². The van der Waals surface area contributed by atoms with Crippen molar-refractivity contribution in [3.63, 3.8) is 0 Å². The molecule has 0 bridgehead atoms. The van der Waals surface area contributed by atoms with Crippen LogP contribution in [0.15, 0.2) is 24.5 Å². The molecule has 1 N–H and O–H groups in total. The zero-order valence-corrected chi connectivity index (χ0v) is 10.4. The van der Waals surface area contributed by atoms with E-state index >= 15 is 0 Å². The van der Waals surface area contributed by atoms with E-state index in [1.54, 1.807) is 0 Å². The first-order valence-electron chi connectivity index (χ1n) is 6.29. The Hall–Kier alpha value is -0.970. The lowest BCUT2D eigenvalue weighted by molar-refractivity contribution is 0.0382. The third-order valence-corrected chi connectivity index (χ3v) is 3.19. The molecule has 1 aliphatic rings. The fourth-order valence-electron chi connectivity index (χ4n) is 2.03. The summed E-state index contributed by atoms with van der Waals surface area (Å²) in [6, 6.07) is 4.51. The van der Waals surface area contributed by atoms with E-state index in [4.69, 9.17) is 4.74 Å². The molecule has 1 aromatic rings. The Morgan fingerprint density at radius 3 is 2.76 bits per heavy atom. The number of morpholine rings is 1. The molecule has 0 radical (unpaired) electrons. The van der Waals surface area contributed by atoms with Gasteiger partial charge in [0.2, 0.25) is 0 Å². The summed E-state index contributed by atoms with van der Waals surface area (Å²) in [5.74, 6) is 0. The molecule has 1 atom stereocenters. The van der Waals surface area contributed by atoms with Gasteiger partial charge in [-0.15, -0.1) is 0 Å². The van der Waals surface area contributed by atoms with E-state index < -0.39 is 0 Å². The van der Waals surface area contributed by atoms with Crippen molar-refractivity contribution < 1.29 is 4.74 Å². The lowest BCUT2D eigenvalue weighted by Crippen LogP contribution is -2.40. The summed E-state index contributed by atoms with van der Waals surface area (Å²) < 4.78 is 5.33. The second kappa shape index (κ2) is 6.69. The summed E-state index contributed by atoms with van der Waals surface area (Å²) in [4.78, 5) is 6.47. The number of ether oxygens (including phenoxy) is 1. The summed E-state index contributed by atoms with van der Waals surface area (Å²) in [5.41, 5.74) is 1.29. The van der Waals surface area contributed by atoms with E-state index in [1.165, 1.54) is 5.56 Å². The van der Waals surface area contributed by atoms with Crippen LogP contribution >= 0.6 is 0 Å². The van der Waals surface area contributed by atoms with Crippen LogP contribution in [-0.4, -0.2) is 49.3 Å². The summed E-state index contributed by atoms with van der Waals surface area (Å²) in [6.07, 6.45) is 3.69. The second-order valence-electron chi connectivity index (χ2n) is 4.41. The van der Waals surface area contributed by atoms with Gasteiger partial charge in [-0.05, 0) is 24.6 Å². The Balaban J connectivity index is 1.67. The standard InChI is InChI=1S/C13H21N3O/c1-12(13-2-4-14-5-3-13)15-6-7-16-8-10-17-11-9-16/h2-5,12,15H,6-11H2,1H3. The van der Waals surface area contributed by atoms with Crippen LogP contribution in [-0.2, 0) is 4.74 Å². The molecule has 1 unspecified atom stereocenters. The number of rotatable bonds is 5. The summed E-state index contributed by atoms with van der Waals surface area (Å²) in [6.45, 7) is 8.17. The average Bonchev–Trinajstić information content (AvgIpc) is 2.41. The summed E-state index contributed by atoms with van der Waals surface area (Å²) in [7, 11) is 0. The zero-order chi connectivity index (χ0) is 11.9. The number of nitrogens with one attached hydrogen (secondary N) is 1. The van der Waals surface area contributed by atoms with Crippen molar-refractivity contribution in [2.24, 2.45) is 0 Å². The predicted octanol–water partition coefficient (Wildman–Crippen LogP) is 1.06. The highest BCUT2D eigenvalue weighted by Gasteiger charge is 2.10. The fraction of sp³-hybridized carbons (Fsp3) is 0.615. The van der Waals surface area contributed by atoms with Crippen molar-refractivity contribution >= 4 is 0 Å². The van der Waals surface area contributed by atoms with E-state index in [-0.39, 0.29) is 0 Å². The number of aromatic nitrogens is 1. The molecule has 2 heterocycles. The van der Waals surface area contributed by atoms with Crippen molar-refractivity contribution in [2.75, 3.05) is 39.4 Å². The smallest absolute Gasteiger partial charge is 0.0594 e. The second-order valence-corrected chi connectivity index (χ2v) is 4.41. The van der Waals surface area contributed by atoms with E-state index in [0.717, 1.165) is 39.4 Å². The Labute approximate surface area is 103 Å². The van der Waals surface area contributed by atoms with Gasteiger partial charge in [-0.3, -0.25) is 9.88 Å². The molecule has 17 heavy (non-hydrogen) atoms. The minimum Gasteiger partial charge on any atom is -0.379 e. The van der Waals surface area contributed by atoms with Gasteiger partial charge in [0.15, 0.2) is 0 Å². The highest BCUT2D eigenvalue weighted by atomic mass is 16.5. The molecule has 1 aromatic heterocycles. The lowest BCUT2D eigenvalue weighted by Gasteiger charge is -2.27. The molecule has 4 nitrogen and oxygen atoms in total. The number of nitrogens with zero attached hydrogens (tertiary/aromatic N) is 2. The summed E-state index contributed by atoms with van der Waals surface area (Å²) >= 11 is 0. The minimum atomic E-state index is 0.388.